The molecule has 1 saturated heterocycles. The van der Waals surface area contributed by atoms with Crippen LogP contribution in [-0.2, 0) is 54.5 Å². The van der Waals surface area contributed by atoms with E-state index in [4.69, 9.17) is 5.73 Å². The molecule has 2 heterocycles. The summed E-state index contributed by atoms with van der Waals surface area (Å²) in [5, 5.41) is 47.9. The number of rotatable bonds is 20. The van der Waals surface area contributed by atoms with Crippen LogP contribution in [-0.4, -0.2) is 105 Å². The number of phenolic OH excluding ortho intramolecular Hbond substituents is 1. The number of hydrogen-bond acceptors (Lipinski definition) is 10. The Balaban J connectivity index is 1.28. The van der Waals surface area contributed by atoms with Crippen molar-refractivity contribution in [2.75, 3.05) is 12.3 Å². The number of aliphatic hydroxyl groups is 1. The van der Waals surface area contributed by atoms with Crippen LogP contribution >= 0.6 is 0 Å². The number of aliphatic carboxylic acids is 1. The van der Waals surface area contributed by atoms with Crippen LogP contribution in [0.4, 0.5) is 5.69 Å². The van der Waals surface area contributed by atoms with Gasteiger partial charge in [-0.15, -0.1) is 0 Å². The molecule has 1 aromatic heterocycles. The number of phenols is 1. The predicted octanol–water partition coefficient (Wildman–Crippen LogP) is 1.37. The molecule has 0 aliphatic carbocycles. The van der Waals surface area contributed by atoms with Crippen molar-refractivity contribution in [1.29, 1.82) is 0 Å². The molecule has 1 fully saturated rings. The maximum atomic E-state index is 14.6. The van der Waals surface area contributed by atoms with Crippen molar-refractivity contribution in [3.05, 3.63) is 132 Å². The fourth-order valence-electron chi connectivity index (χ4n) is 7.60. The molecule has 12 N–H and O–H groups in total. The van der Waals surface area contributed by atoms with Gasteiger partial charge in [0.05, 0.1) is 12.1 Å². The van der Waals surface area contributed by atoms with Gasteiger partial charge in [-0.2, -0.15) is 0 Å². The first-order valence-corrected chi connectivity index (χ1v) is 21.1. The van der Waals surface area contributed by atoms with E-state index in [1.165, 1.54) is 19.1 Å². The van der Waals surface area contributed by atoms with Crippen molar-refractivity contribution in [1.82, 2.24) is 36.9 Å². The third kappa shape index (κ3) is 12.7. The molecule has 0 saturated carbocycles. The molecule has 0 bridgehead atoms. The maximum absolute atomic E-state index is 14.6. The van der Waals surface area contributed by atoms with E-state index in [0.29, 0.717) is 40.9 Å². The molecule has 336 valence electrons. The van der Waals surface area contributed by atoms with Crippen LogP contribution in [0.2, 0.25) is 0 Å². The van der Waals surface area contributed by atoms with Crippen LogP contribution in [0, 0.1) is 0 Å². The molecule has 5 amide bonds. The standard InChI is InChI=1S/C47H54N8O9/c1-27(56)41(46(62)54-40(47(63)64)24-28-8-3-2-4-9-28)55-45(61)38(22-29-13-17-32(48)18-14-29)52-44(60)39(25-31-26-50-35-11-6-5-10-34(31)35)53-43(59)37(23-30-15-19-33(57)20-16-30)51-42(58)36-12-7-21-49-36/h2-6,8-11,13-20,26-27,36-41,49-50,56-57H,7,12,21-25,48H2,1H3,(H,51,58)(H,52,60)(H,53,59)(H,54,62)(H,55,61)(H,63,64)/t27-,36+,37+,38+,39-,40+,41+/m1/s1. The van der Waals surface area contributed by atoms with Crippen LogP contribution < -0.4 is 37.6 Å². The lowest BCUT2D eigenvalue weighted by Crippen LogP contribution is -2.61. The summed E-state index contributed by atoms with van der Waals surface area (Å²) in [6, 6.07) is 21.3. The van der Waals surface area contributed by atoms with Gasteiger partial charge in [-0.25, -0.2) is 4.79 Å². The highest BCUT2D eigenvalue weighted by atomic mass is 16.4. The minimum Gasteiger partial charge on any atom is -0.508 e. The number of fused-ring (bicyclic) bond motifs is 1. The van der Waals surface area contributed by atoms with Gasteiger partial charge in [0.25, 0.3) is 0 Å². The number of amides is 5. The van der Waals surface area contributed by atoms with Gasteiger partial charge < -0.3 is 57.9 Å². The third-order valence-electron chi connectivity index (χ3n) is 11.1. The zero-order valence-corrected chi connectivity index (χ0v) is 35.3. The Hall–Kier alpha value is -7.24. The van der Waals surface area contributed by atoms with Gasteiger partial charge in [0.1, 0.15) is 36.0 Å². The van der Waals surface area contributed by atoms with Crippen molar-refractivity contribution >= 4 is 52.1 Å². The Morgan fingerprint density at radius 1 is 0.656 bits per heavy atom. The summed E-state index contributed by atoms with van der Waals surface area (Å²) in [6.45, 7) is 1.90. The third-order valence-corrected chi connectivity index (χ3v) is 11.1. The van der Waals surface area contributed by atoms with Crippen molar-refractivity contribution in [2.45, 2.75) is 87.8 Å². The monoisotopic (exact) mass is 874 g/mol. The van der Waals surface area contributed by atoms with Gasteiger partial charge in [-0.1, -0.05) is 72.8 Å². The van der Waals surface area contributed by atoms with Gasteiger partial charge in [-0.3, -0.25) is 24.0 Å². The van der Waals surface area contributed by atoms with E-state index in [9.17, 15) is 44.1 Å². The number of nitrogens with two attached hydrogens (primary N) is 1. The van der Waals surface area contributed by atoms with Crippen LogP contribution in [0.5, 0.6) is 5.75 Å². The number of carboxylic acids is 1. The number of carboxylic acid groups (broad SMARTS) is 1. The highest BCUT2D eigenvalue weighted by molar-refractivity contribution is 5.97. The van der Waals surface area contributed by atoms with Gasteiger partial charge in [-0.05, 0) is 78.9 Å². The molecule has 17 heteroatoms. The molecule has 64 heavy (non-hydrogen) atoms. The lowest BCUT2D eigenvalue weighted by atomic mass is 10.00. The van der Waals surface area contributed by atoms with Gasteiger partial charge in [0, 0.05) is 48.5 Å². The summed E-state index contributed by atoms with van der Waals surface area (Å²) in [7, 11) is 0. The number of benzene rings is 4. The number of nitrogen functional groups attached to an aromatic ring is 1. The zero-order valence-electron chi connectivity index (χ0n) is 35.3. The van der Waals surface area contributed by atoms with Crippen molar-refractivity contribution in [3.8, 4) is 5.75 Å². The minimum atomic E-state index is -1.64. The smallest absolute Gasteiger partial charge is 0.326 e. The second-order valence-electron chi connectivity index (χ2n) is 16.0. The molecule has 4 aromatic carbocycles. The molecule has 0 radical (unpaired) electrons. The number of H-pyrrole nitrogens is 1. The van der Waals surface area contributed by atoms with Crippen LogP contribution in [0.25, 0.3) is 10.9 Å². The van der Waals surface area contributed by atoms with Gasteiger partial charge in [0.15, 0.2) is 0 Å². The Labute approximate surface area is 369 Å². The Kier molecular flexibility index (Phi) is 15.7. The van der Waals surface area contributed by atoms with Crippen LogP contribution in [0.3, 0.4) is 0 Å². The van der Waals surface area contributed by atoms with E-state index in [1.54, 1.807) is 72.9 Å². The Morgan fingerprint density at radius 3 is 1.80 bits per heavy atom. The number of nitrogens with one attached hydrogen (secondary N) is 7. The first kappa shape index (κ1) is 46.3. The Bertz CT molecular complexity index is 2400. The second kappa shape index (κ2) is 21.7. The molecular weight excluding hydrogens is 821 g/mol. The molecule has 17 nitrogen and oxygen atoms in total. The number of aromatic nitrogens is 1. The quantitative estimate of drug-likeness (QED) is 0.0497. The average Bonchev–Trinajstić information content (AvgIpc) is 3.97. The number of anilines is 1. The van der Waals surface area contributed by atoms with Crippen molar-refractivity contribution in [2.24, 2.45) is 0 Å². The topological polar surface area (TPSA) is 277 Å². The fraction of sp³-hybridized carbons (Fsp3) is 0.319. The number of aromatic hydroxyl groups is 1. The van der Waals surface area contributed by atoms with Crippen molar-refractivity contribution in [3.63, 3.8) is 0 Å². The Morgan fingerprint density at radius 2 is 1.19 bits per heavy atom. The van der Waals surface area contributed by atoms with Crippen LogP contribution in [0.1, 0.15) is 42.0 Å². The number of para-hydroxylation sites is 1. The maximum Gasteiger partial charge on any atom is 0.326 e. The molecule has 5 aromatic rings. The normalized spacial score (nSPS) is 16.3. The summed E-state index contributed by atoms with van der Waals surface area (Å²) in [4.78, 5) is 85.7. The van der Waals surface area contributed by atoms with Gasteiger partial charge >= 0.3 is 5.97 Å². The molecule has 0 spiro atoms. The summed E-state index contributed by atoms with van der Waals surface area (Å²) >= 11 is 0. The summed E-state index contributed by atoms with van der Waals surface area (Å²) in [5.41, 5.74) is 9.65. The summed E-state index contributed by atoms with van der Waals surface area (Å²) in [5.74, 6) is -5.03. The van der Waals surface area contributed by atoms with E-state index in [2.05, 4.69) is 36.9 Å². The molecule has 6 rings (SSSR count). The van der Waals surface area contributed by atoms with E-state index in [0.717, 1.165) is 17.3 Å². The number of aromatic amines is 1. The SMILES string of the molecule is C[C@@H](O)[C@H](NC(=O)[C@H](Cc1ccc(N)cc1)NC(=O)[C@@H](Cc1c[nH]c2ccccc12)NC(=O)[C@H](Cc1ccc(O)cc1)NC(=O)[C@@H]1CCCN1)C(=O)N[C@@H](Cc1ccccc1)C(=O)O. The molecule has 0 unspecified atom stereocenters. The van der Waals surface area contributed by atoms with E-state index >= 15 is 0 Å². The highest BCUT2D eigenvalue weighted by Gasteiger charge is 2.35. The molecular formula is C47H54N8O9. The zero-order chi connectivity index (χ0) is 45.8. The van der Waals surface area contributed by atoms with Gasteiger partial charge in [0.2, 0.25) is 29.5 Å². The number of carbonyl (C=O) groups is 6. The largest absolute Gasteiger partial charge is 0.508 e. The molecule has 1 aliphatic heterocycles. The number of aliphatic hydroxyl groups excluding tert-OH is 1. The lowest BCUT2D eigenvalue weighted by Gasteiger charge is -2.28. The lowest BCUT2D eigenvalue weighted by molar-refractivity contribution is -0.143. The predicted molar refractivity (Wildman–Crippen MR) is 239 cm³/mol. The summed E-state index contributed by atoms with van der Waals surface area (Å²) < 4.78 is 0. The van der Waals surface area contributed by atoms with Crippen molar-refractivity contribution < 1.29 is 44.1 Å². The minimum absolute atomic E-state index is 0.0184. The highest BCUT2D eigenvalue weighted by Crippen LogP contribution is 2.20. The summed E-state index contributed by atoms with van der Waals surface area (Å²) in [6.07, 6.45) is 1.34. The molecule has 1 aliphatic rings. The number of hydrogen-bond donors (Lipinski definition) is 11. The van der Waals surface area contributed by atoms with E-state index in [1.807, 2.05) is 24.3 Å². The average molecular weight is 875 g/mol. The fourth-order valence-corrected chi connectivity index (χ4v) is 7.60. The first-order chi connectivity index (χ1) is 30.7. The first-order valence-electron chi connectivity index (χ1n) is 21.1. The number of carbonyl (C=O) groups excluding carboxylic acids is 5. The molecule has 7 atom stereocenters. The van der Waals surface area contributed by atoms with Crippen LogP contribution in [0.15, 0.2) is 109 Å². The van der Waals surface area contributed by atoms with E-state index in [-0.39, 0.29) is 37.3 Å². The van der Waals surface area contributed by atoms with E-state index < -0.39 is 72.0 Å². The second-order valence-corrected chi connectivity index (χ2v) is 16.0.